The molecule has 2 aliphatic heterocycles. The van der Waals surface area contributed by atoms with Crippen molar-refractivity contribution in [1.29, 1.82) is 0 Å². The lowest BCUT2D eigenvalue weighted by atomic mass is 9.83. The lowest BCUT2D eigenvalue weighted by molar-refractivity contribution is -0.149. The first-order valence-electron chi connectivity index (χ1n) is 27.4. The largest absolute Gasteiger partial charge is 0.480 e. The minimum atomic E-state index is -1.15. The van der Waals surface area contributed by atoms with Crippen LogP contribution in [0.5, 0.6) is 0 Å². The first-order chi connectivity index (χ1) is 36.1. The maximum atomic E-state index is 14.8. The van der Waals surface area contributed by atoms with Crippen LogP contribution in [0.2, 0.25) is 0 Å². The van der Waals surface area contributed by atoms with Crippen LogP contribution in [0.4, 0.5) is 5.69 Å². The van der Waals surface area contributed by atoms with E-state index in [1.165, 1.54) is 24.2 Å². The fourth-order valence-corrected chi connectivity index (χ4v) is 11.0. The molecule has 0 radical (unpaired) electrons. The second kappa shape index (κ2) is 30.2. The Balaban J connectivity index is 1.37. The van der Waals surface area contributed by atoms with Gasteiger partial charge in [-0.15, -0.1) is 0 Å². The minimum absolute atomic E-state index is 0.0209. The maximum Gasteiger partial charge on any atom is 0.326 e. The topological polar surface area (TPSA) is 203 Å². The summed E-state index contributed by atoms with van der Waals surface area (Å²) in [5, 5.41) is 12.7. The number of rotatable bonds is 32. The number of ether oxygens (including phenoxy) is 2. The molecule has 2 aromatic carbocycles. The molecule has 0 aromatic heterocycles. The molecule has 2 heterocycles. The van der Waals surface area contributed by atoms with E-state index in [0.29, 0.717) is 71.0 Å². The lowest BCUT2D eigenvalue weighted by Crippen LogP contribution is -2.55. The number of nitrogens with one attached hydrogen (secondary N) is 1. The van der Waals surface area contributed by atoms with Crippen molar-refractivity contribution in [2.24, 2.45) is 29.6 Å². The molecule has 0 spiro atoms. The molecule has 0 bridgehead atoms. The number of carboxylic acids is 1. The molecule has 17 heteroatoms. The van der Waals surface area contributed by atoms with E-state index in [4.69, 9.17) is 9.47 Å². The number of likely N-dealkylation sites (N-methyl/N-ethyl adjacent to an activating group) is 2. The van der Waals surface area contributed by atoms with Crippen molar-refractivity contribution < 1.29 is 52.9 Å². The number of hydrogen-bond acceptors (Lipinski definition) is 11. The van der Waals surface area contributed by atoms with E-state index in [1.54, 1.807) is 42.8 Å². The van der Waals surface area contributed by atoms with Crippen molar-refractivity contribution in [3.8, 4) is 0 Å². The van der Waals surface area contributed by atoms with Gasteiger partial charge in [0.2, 0.25) is 23.6 Å². The fourth-order valence-electron chi connectivity index (χ4n) is 11.0. The maximum absolute atomic E-state index is 14.8. The summed E-state index contributed by atoms with van der Waals surface area (Å²) in [6.07, 6.45) is 6.23. The zero-order valence-electron chi connectivity index (χ0n) is 47.4. The Hall–Kier alpha value is -5.78. The van der Waals surface area contributed by atoms with E-state index in [-0.39, 0.29) is 72.3 Å². The van der Waals surface area contributed by atoms with Crippen LogP contribution in [-0.4, -0.2) is 163 Å². The summed E-state index contributed by atoms with van der Waals surface area (Å²) in [6, 6.07) is 14.3. The molecule has 0 unspecified atom stereocenters. The van der Waals surface area contributed by atoms with Crippen LogP contribution in [0.3, 0.4) is 0 Å². The van der Waals surface area contributed by atoms with Gasteiger partial charge in [0.05, 0.1) is 42.7 Å². The Morgan fingerprint density at radius 2 is 1.45 bits per heavy atom. The number of hydrogen-bond donors (Lipinski definition) is 2. The monoisotopic (exact) mass is 1060 g/mol. The number of Topliss-reactive ketones (excluding diaryl/α,β-unsaturated/α-hetero) is 1. The number of aliphatic carboxylic acids is 1. The molecule has 9 atom stereocenters. The predicted octanol–water partition coefficient (Wildman–Crippen LogP) is 6.60. The quantitative estimate of drug-likeness (QED) is 0.0588. The van der Waals surface area contributed by atoms with Crippen LogP contribution in [-0.2, 0) is 60.7 Å². The van der Waals surface area contributed by atoms with Crippen molar-refractivity contribution in [3.63, 3.8) is 0 Å². The van der Waals surface area contributed by atoms with E-state index < -0.39 is 60.1 Å². The van der Waals surface area contributed by atoms with Crippen molar-refractivity contribution in [1.82, 2.24) is 24.9 Å². The molecular formula is C59H88N6O11. The molecule has 420 valence electrons. The van der Waals surface area contributed by atoms with E-state index >= 15 is 0 Å². The number of carboxylic acid groups (broad SMARTS) is 1. The summed E-state index contributed by atoms with van der Waals surface area (Å²) >= 11 is 0. The summed E-state index contributed by atoms with van der Waals surface area (Å²) in [7, 11) is 8.47. The number of likely N-dealkylation sites (tertiary alicyclic amines) is 1. The van der Waals surface area contributed by atoms with Gasteiger partial charge in [0, 0.05) is 91.0 Å². The molecular weight excluding hydrogens is 969 g/mol. The average molecular weight is 1060 g/mol. The molecule has 17 nitrogen and oxygen atoms in total. The van der Waals surface area contributed by atoms with Crippen molar-refractivity contribution >= 4 is 52.9 Å². The minimum Gasteiger partial charge on any atom is -0.480 e. The van der Waals surface area contributed by atoms with Crippen LogP contribution < -0.4 is 10.2 Å². The number of unbranched alkanes of at least 4 members (excludes halogenated alkanes) is 2. The number of ketones is 1. The Labute approximate surface area is 452 Å². The van der Waals surface area contributed by atoms with Gasteiger partial charge in [-0.05, 0) is 80.2 Å². The second-order valence-electron chi connectivity index (χ2n) is 21.7. The fraction of sp³-hybridized carbons (Fsp3) is 0.627. The molecule has 2 aromatic rings. The highest BCUT2D eigenvalue weighted by atomic mass is 16.5. The Morgan fingerprint density at radius 3 is 2.01 bits per heavy atom. The Bertz CT molecular complexity index is 2270. The standard InChI is InChI=1S/C59H88N6O11/c1-13-40(6)55(49(75-11)37-53(70)64-33-20-23-47(64)56(76-12)41(7)57(71)60-46(59(73)74)35-43-21-16-14-17-22-43)63(10)58(72)45(38(2)3)36-48(66)54(39(4)5)61(8)34-31-42-25-27-44(28-26-42)62(9)50(67)24-18-15-19-32-65-51(68)29-30-52(65)69/h14,16-17,21-22,25-30,38-41,45-47,49,54-56H,13,15,18-20,23-24,31-37H2,1-12H3,(H,60,71)(H,73,74)/t40-,41+,45-,46-,47-,49+,54-,55-,56+/m0/s1. The van der Waals surface area contributed by atoms with Crippen LogP contribution in [0.1, 0.15) is 117 Å². The molecule has 0 aliphatic carbocycles. The summed E-state index contributed by atoms with van der Waals surface area (Å²) in [4.78, 5) is 114. The van der Waals surface area contributed by atoms with Crippen molar-refractivity contribution in [2.45, 2.75) is 155 Å². The molecule has 2 aliphatic rings. The SMILES string of the molecule is CC[C@H](C)[C@@H]([C@@H](CC(=O)N1CCC[C@H]1[C@H](OC)[C@@H](C)C(=O)N[C@@H](Cc1ccccc1)C(=O)O)OC)N(C)C(=O)[C@@H](CC(=O)[C@H](C(C)C)N(C)CCc1ccc(N(C)C(=O)CCCCCN2C(=O)C=CC2=O)cc1)C(C)C. The lowest BCUT2D eigenvalue weighted by Gasteiger charge is -2.41. The summed E-state index contributed by atoms with van der Waals surface area (Å²) in [5.41, 5.74) is 2.59. The number of carbonyl (C=O) groups is 8. The van der Waals surface area contributed by atoms with E-state index in [2.05, 4.69) is 10.2 Å². The van der Waals surface area contributed by atoms with Gasteiger partial charge in [0.25, 0.3) is 11.8 Å². The van der Waals surface area contributed by atoms with Gasteiger partial charge in [-0.25, -0.2) is 4.79 Å². The molecule has 6 amide bonds. The predicted molar refractivity (Wildman–Crippen MR) is 293 cm³/mol. The van der Waals surface area contributed by atoms with Crippen LogP contribution in [0.25, 0.3) is 0 Å². The Kier molecular flexibility index (Phi) is 25.0. The zero-order chi connectivity index (χ0) is 56.4. The molecule has 76 heavy (non-hydrogen) atoms. The van der Waals surface area contributed by atoms with Gasteiger partial charge in [-0.1, -0.05) is 104 Å². The summed E-state index contributed by atoms with van der Waals surface area (Å²) < 4.78 is 12.0. The highest BCUT2D eigenvalue weighted by Crippen LogP contribution is 2.31. The Morgan fingerprint density at radius 1 is 0.803 bits per heavy atom. The van der Waals surface area contributed by atoms with Crippen LogP contribution >= 0.6 is 0 Å². The number of anilines is 1. The average Bonchev–Trinajstić information content (AvgIpc) is 4.01. The number of methoxy groups -OCH3 is 2. The zero-order valence-corrected chi connectivity index (χ0v) is 47.4. The van der Waals surface area contributed by atoms with Crippen LogP contribution in [0.15, 0.2) is 66.7 Å². The number of benzene rings is 2. The molecule has 1 fully saturated rings. The van der Waals surface area contributed by atoms with E-state index in [0.717, 1.165) is 16.8 Å². The molecule has 0 saturated carbocycles. The normalized spacial score (nSPS) is 17.9. The first kappa shape index (κ1) is 62.8. The van der Waals surface area contributed by atoms with Gasteiger partial charge in [-0.2, -0.15) is 0 Å². The number of imide groups is 1. The highest BCUT2D eigenvalue weighted by molar-refractivity contribution is 6.12. The van der Waals surface area contributed by atoms with Crippen molar-refractivity contribution in [2.75, 3.05) is 59.9 Å². The summed E-state index contributed by atoms with van der Waals surface area (Å²) in [5.74, 6) is -4.36. The molecule has 2 N–H and O–H groups in total. The van der Waals surface area contributed by atoms with Gasteiger partial charge < -0.3 is 34.6 Å². The molecule has 4 rings (SSSR count). The first-order valence-corrected chi connectivity index (χ1v) is 27.4. The third-order valence-electron chi connectivity index (χ3n) is 15.8. The number of amides is 6. The van der Waals surface area contributed by atoms with Crippen molar-refractivity contribution in [3.05, 3.63) is 77.9 Å². The van der Waals surface area contributed by atoms with E-state index in [9.17, 15) is 43.5 Å². The third kappa shape index (κ3) is 17.1. The molecule has 1 saturated heterocycles. The second-order valence-corrected chi connectivity index (χ2v) is 21.7. The van der Waals surface area contributed by atoms with Gasteiger partial charge >= 0.3 is 5.97 Å². The summed E-state index contributed by atoms with van der Waals surface area (Å²) in [6.45, 7) is 15.1. The van der Waals surface area contributed by atoms with E-state index in [1.807, 2.05) is 103 Å². The number of nitrogens with zero attached hydrogens (tertiary/aromatic N) is 5. The smallest absolute Gasteiger partial charge is 0.326 e. The van der Waals surface area contributed by atoms with Gasteiger partial charge in [0.1, 0.15) is 6.04 Å². The third-order valence-corrected chi connectivity index (χ3v) is 15.8. The number of carbonyl (C=O) groups excluding carboxylic acids is 7. The highest BCUT2D eigenvalue weighted by Gasteiger charge is 2.44. The van der Waals surface area contributed by atoms with Gasteiger partial charge in [0.15, 0.2) is 5.78 Å². The van der Waals surface area contributed by atoms with Crippen LogP contribution in [0, 0.1) is 29.6 Å². The van der Waals surface area contributed by atoms with Gasteiger partial charge in [-0.3, -0.25) is 43.4 Å².